The number of ether oxygens (including phenoxy) is 2. The van der Waals surface area contributed by atoms with Crippen molar-refractivity contribution in [2.75, 3.05) is 20.1 Å². The van der Waals surface area contributed by atoms with Crippen LogP contribution in [0.3, 0.4) is 0 Å². The van der Waals surface area contributed by atoms with E-state index in [0.29, 0.717) is 36.5 Å². The molecule has 1 N–H and O–H groups in total. The lowest BCUT2D eigenvalue weighted by Gasteiger charge is -2.46. The predicted molar refractivity (Wildman–Crippen MR) is 179 cm³/mol. The number of nitrogens with zero attached hydrogens (tertiary/aromatic N) is 3. The maximum atomic E-state index is 13.4. The molecule has 4 atom stereocenters. The van der Waals surface area contributed by atoms with E-state index in [-0.39, 0.29) is 46.6 Å². The van der Waals surface area contributed by atoms with Crippen LogP contribution in [0.4, 0.5) is 5.69 Å². The van der Waals surface area contributed by atoms with Gasteiger partial charge in [0, 0.05) is 36.6 Å². The number of nitro groups is 1. The van der Waals surface area contributed by atoms with E-state index in [4.69, 9.17) is 21.1 Å². The van der Waals surface area contributed by atoms with Gasteiger partial charge < -0.3 is 24.4 Å². The number of amides is 1. The molecule has 0 bridgehead atoms. The van der Waals surface area contributed by atoms with Crippen molar-refractivity contribution in [1.82, 2.24) is 9.80 Å². The summed E-state index contributed by atoms with van der Waals surface area (Å²) in [6, 6.07) is 18.8. The Hall–Kier alpha value is -4.91. The van der Waals surface area contributed by atoms with Crippen LogP contribution in [0.25, 0.3) is 0 Å². The Kier molecular flexibility index (Phi) is 10.9. The number of hydrogen-bond acceptors (Lipinski definition) is 10. The molecule has 5 rings (SSSR count). The van der Waals surface area contributed by atoms with Crippen LogP contribution in [0.1, 0.15) is 53.0 Å². The smallest absolute Gasteiger partial charge is 0.362 e. The summed E-state index contributed by atoms with van der Waals surface area (Å²) in [6.45, 7) is 4.34. The number of carbonyl (C=O) groups excluding carboxylic acids is 4. The van der Waals surface area contributed by atoms with Gasteiger partial charge in [-0.05, 0) is 62.3 Å². The van der Waals surface area contributed by atoms with Crippen molar-refractivity contribution in [2.24, 2.45) is 11.8 Å². The van der Waals surface area contributed by atoms with Crippen molar-refractivity contribution in [3.63, 3.8) is 0 Å². The first-order chi connectivity index (χ1) is 23.4. The number of rotatable bonds is 14. The summed E-state index contributed by atoms with van der Waals surface area (Å²) in [4.78, 5) is 66.0. The summed E-state index contributed by atoms with van der Waals surface area (Å²) in [5, 5.41) is 21.5. The van der Waals surface area contributed by atoms with Crippen LogP contribution in [0.5, 0.6) is 5.75 Å². The fraction of sp³-hybridized carbons (Fsp3) is 0.333. The molecule has 1 amide bonds. The molecule has 3 aromatic carbocycles. The Morgan fingerprint density at radius 1 is 1.04 bits per heavy atom. The second kappa shape index (κ2) is 15.1. The average Bonchev–Trinajstić information content (AvgIpc) is 3.31. The predicted octanol–water partition coefficient (Wildman–Crippen LogP) is 5.22. The first-order valence-corrected chi connectivity index (χ1v) is 16.2. The number of likely N-dealkylation sites (N-methyl/N-ethyl adjacent to an activating group) is 1. The van der Waals surface area contributed by atoms with Gasteiger partial charge in [0.25, 0.3) is 5.69 Å². The van der Waals surface area contributed by atoms with E-state index in [9.17, 15) is 34.4 Å². The molecule has 0 saturated carbocycles. The molecule has 2 aliphatic heterocycles. The standard InChI is InChI=1S/C36H36ClN3O9/c1-21-27(19-38(3)18-8-12-28(42)26-11-7-13-29(31(26)37)48-20-23-9-5-4-6-10-23)33(39-32(21)30(22(2)41)34(39)43)36(45)49-35(44)24-14-16-25(17-15-24)40(46)47/h4-7,9-11,13-17,21-22,30,32,41H,8,12,18-20H2,1-3H3/t21-,22+,30+,32+/m0/s1. The van der Waals surface area contributed by atoms with Gasteiger partial charge in [0.1, 0.15) is 18.1 Å². The van der Waals surface area contributed by atoms with Gasteiger partial charge in [-0.1, -0.05) is 54.9 Å². The summed E-state index contributed by atoms with van der Waals surface area (Å²) >= 11 is 6.55. The molecule has 13 heteroatoms. The Morgan fingerprint density at radius 3 is 2.39 bits per heavy atom. The van der Waals surface area contributed by atoms with Gasteiger partial charge in [-0.3, -0.25) is 19.7 Å². The number of aliphatic hydroxyl groups excluding tert-OH is 1. The number of nitro benzene ring substituents is 1. The maximum Gasteiger partial charge on any atom is 0.362 e. The van der Waals surface area contributed by atoms with Crippen LogP contribution in [-0.2, 0) is 20.9 Å². The molecular formula is C36H36ClN3O9. The second-order valence-corrected chi connectivity index (χ2v) is 12.6. The number of Topliss-reactive ketones (excluding diaryl/α,β-unsaturated/α-hetero) is 1. The molecule has 2 aliphatic rings. The molecule has 3 aromatic rings. The normalized spacial score (nSPS) is 18.9. The minimum atomic E-state index is -1.03. The zero-order chi connectivity index (χ0) is 35.4. The van der Waals surface area contributed by atoms with Crippen LogP contribution in [-0.4, -0.2) is 75.7 Å². The van der Waals surface area contributed by atoms with E-state index in [1.54, 1.807) is 18.2 Å². The van der Waals surface area contributed by atoms with E-state index >= 15 is 0 Å². The minimum absolute atomic E-state index is 0.0586. The molecule has 0 radical (unpaired) electrons. The highest BCUT2D eigenvalue weighted by atomic mass is 35.5. The largest absolute Gasteiger partial charge is 0.487 e. The molecule has 1 saturated heterocycles. The highest BCUT2D eigenvalue weighted by molar-refractivity contribution is 6.35. The number of halogens is 1. The molecule has 0 spiro atoms. The van der Waals surface area contributed by atoms with Crippen LogP contribution in [0, 0.1) is 22.0 Å². The third-order valence-corrected chi connectivity index (χ3v) is 9.28. The summed E-state index contributed by atoms with van der Waals surface area (Å²) < 4.78 is 11.0. The summed E-state index contributed by atoms with van der Waals surface area (Å²) in [5.74, 6) is -3.30. The van der Waals surface area contributed by atoms with Crippen molar-refractivity contribution >= 4 is 40.9 Å². The van der Waals surface area contributed by atoms with Crippen LogP contribution in [0.15, 0.2) is 84.1 Å². The van der Waals surface area contributed by atoms with E-state index in [0.717, 1.165) is 17.7 Å². The van der Waals surface area contributed by atoms with E-state index < -0.39 is 40.8 Å². The Bertz CT molecular complexity index is 1790. The Morgan fingerprint density at radius 2 is 1.73 bits per heavy atom. The van der Waals surface area contributed by atoms with Crippen molar-refractivity contribution in [2.45, 2.75) is 45.4 Å². The fourth-order valence-corrected chi connectivity index (χ4v) is 6.63. The van der Waals surface area contributed by atoms with Gasteiger partial charge >= 0.3 is 11.9 Å². The lowest BCUT2D eigenvalue weighted by molar-refractivity contribution is -0.384. The second-order valence-electron chi connectivity index (χ2n) is 12.3. The maximum absolute atomic E-state index is 13.4. The average molecular weight is 690 g/mol. The van der Waals surface area contributed by atoms with Crippen molar-refractivity contribution in [3.8, 4) is 5.75 Å². The molecule has 49 heavy (non-hydrogen) atoms. The lowest BCUT2D eigenvalue weighted by atomic mass is 9.77. The number of hydrogen-bond donors (Lipinski definition) is 1. The fourth-order valence-electron chi connectivity index (χ4n) is 6.34. The van der Waals surface area contributed by atoms with Gasteiger partial charge in [-0.15, -0.1) is 0 Å². The monoisotopic (exact) mass is 689 g/mol. The lowest BCUT2D eigenvalue weighted by Crippen LogP contribution is -2.63. The summed E-state index contributed by atoms with van der Waals surface area (Å²) in [5.41, 5.74) is 1.52. The van der Waals surface area contributed by atoms with Crippen LogP contribution < -0.4 is 4.74 Å². The number of β-lactam (4-membered cyclic amide) rings is 1. The summed E-state index contributed by atoms with van der Waals surface area (Å²) in [7, 11) is 1.81. The van der Waals surface area contributed by atoms with Crippen molar-refractivity contribution in [3.05, 3.63) is 116 Å². The van der Waals surface area contributed by atoms with Gasteiger partial charge in [0.2, 0.25) is 5.91 Å². The topological polar surface area (TPSA) is 157 Å². The first-order valence-electron chi connectivity index (χ1n) is 15.8. The number of ketones is 1. The molecule has 1 fully saturated rings. The van der Waals surface area contributed by atoms with E-state index in [1.165, 1.54) is 24.0 Å². The van der Waals surface area contributed by atoms with Crippen LogP contribution >= 0.6 is 11.6 Å². The zero-order valence-corrected chi connectivity index (χ0v) is 28.0. The molecule has 0 aliphatic carbocycles. The van der Waals surface area contributed by atoms with Gasteiger partial charge in [-0.2, -0.15) is 0 Å². The first kappa shape index (κ1) is 35.4. The van der Waals surface area contributed by atoms with Gasteiger partial charge in [0.05, 0.1) is 33.6 Å². The van der Waals surface area contributed by atoms with E-state index in [2.05, 4.69) is 0 Å². The molecule has 256 valence electrons. The molecule has 0 aromatic heterocycles. The zero-order valence-electron chi connectivity index (χ0n) is 27.2. The molecular weight excluding hydrogens is 654 g/mol. The number of fused-ring (bicyclic) bond motifs is 1. The van der Waals surface area contributed by atoms with Crippen molar-refractivity contribution in [1.29, 1.82) is 0 Å². The Balaban J connectivity index is 1.24. The highest BCUT2D eigenvalue weighted by Gasteiger charge is 2.60. The number of benzene rings is 3. The van der Waals surface area contributed by atoms with Gasteiger partial charge in [-0.25, -0.2) is 9.59 Å². The number of esters is 2. The van der Waals surface area contributed by atoms with Crippen LogP contribution in [0.2, 0.25) is 5.02 Å². The molecule has 12 nitrogen and oxygen atoms in total. The number of aliphatic hydroxyl groups is 1. The van der Waals surface area contributed by atoms with Crippen molar-refractivity contribution < 1.29 is 38.7 Å². The molecule has 2 heterocycles. The SMILES string of the molecule is C[C@@H](O)[C@H]1C(=O)N2C(C(=O)OC(=O)c3ccc([N+](=O)[O-])cc3)=C(CN(C)CCCC(=O)c3cccc(OCc4ccccc4)c3Cl)[C@H](C)[C@H]12. The minimum Gasteiger partial charge on any atom is -0.487 e. The number of carbonyl (C=O) groups is 4. The van der Waals surface area contributed by atoms with Gasteiger partial charge in [0.15, 0.2) is 5.78 Å². The third-order valence-electron chi connectivity index (χ3n) is 8.89. The molecule has 0 unspecified atom stereocenters. The number of non-ortho nitro benzene ring substituents is 1. The highest BCUT2D eigenvalue weighted by Crippen LogP contribution is 2.47. The third kappa shape index (κ3) is 7.56. The quantitative estimate of drug-likeness (QED) is 0.0595. The Labute approximate surface area is 288 Å². The van der Waals surface area contributed by atoms with E-state index in [1.807, 2.05) is 49.2 Å². The summed E-state index contributed by atoms with van der Waals surface area (Å²) in [6.07, 6.45) is -0.299.